The van der Waals surface area contributed by atoms with Crippen LogP contribution < -0.4 is 36.8 Å². The third kappa shape index (κ3) is 13.3. The van der Waals surface area contributed by atoms with Gasteiger partial charge in [0.05, 0.1) is 31.2 Å². The van der Waals surface area contributed by atoms with Crippen molar-refractivity contribution in [1.29, 1.82) is 0 Å². The van der Waals surface area contributed by atoms with Crippen LogP contribution in [0.5, 0.6) is 0 Å². The minimum atomic E-state index is -1.32. The second kappa shape index (κ2) is 25.5. The van der Waals surface area contributed by atoms with Crippen LogP contribution in [-0.4, -0.2) is 160 Å². The van der Waals surface area contributed by atoms with E-state index < -0.39 is 46.6 Å². The lowest BCUT2D eigenvalue weighted by Crippen LogP contribution is -2.62. The normalized spacial score (nSPS) is 23.4. The Kier molecular flexibility index (Phi) is 18.5. The van der Waals surface area contributed by atoms with E-state index in [0.29, 0.717) is 86.8 Å². The Morgan fingerprint density at radius 3 is 2.35 bits per heavy atom. The molecule has 3 fully saturated rings. The summed E-state index contributed by atoms with van der Waals surface area (Å²) in [5.41, 5.74) is 2.55. The van der Waals surface area contributed by atoms with Gasteiger partial charge in [-0.25, -0.2) is 13.2 Å². The number of carbonyl (C=O) groups excluding carboxylic acids is 5. The molecule has 0 spiro atoms. The van der Waals surface area contributed by atoms with Gasteiger partial charge in [-0.2, -0.15) is 0 Å². The lowest BCUT2D eigenvalue weighted by molar-refractivity contribution is -0.142. The number of fused-ring (bicyclic) bond motifs is 2. The quantitative estimate of drug-likeness (QED) is 0.0752. The molecule has 4 aromatic rings. The SMILES string of the molecule is CN[C@@H](C)CN[C@H](C(=O)N1Cc2ccc(NC(=O)CCNC(=O)[C@]3(C)CN(C(=O)CN4C[C@@H](C)NC[C@@H]4CN4CCOC[C@H]4C)c4cc(Cc5ccc(F)cc5)ccc43)cc2[C@H]1C(=O)Nc1c(F)cccc1F)C1CCOCC1. The molecule has 20 heteroatoms. The zero-order valence-electron chi connectivity index (χ0n) is 45.8. The molecule has 9 rings (SSSR count). The Morgan fingerprint density at radius 2 is 1.62 bits per heavy atom. The molecule has 0 saturated carbocycles. The molecule has 424 valence electrons. The molecule has 0 aromatic heterocycles. The number of ether oxygens (including phenoxy) is 2. The van der Waals surface area contributed by atoms with Gasteiger partial charge in [0.1, 0.15) is 29.2 Å². The minimum Gasteiger partial charge on any atom is -0.381 e. The van der Waals surface area contributed by atoms with Gasteiger partial charge in [0.15, 0.2) is 0 Å². The summed E-state index contributed by atoms with van der Waals surface area (Å²) in [6.07, 6.45) is 1.57. The largest absolute Gasteiger partial charge is 0.381 e. The van der Waals surface area contributed by atoms with Crippen LogP contribution in [0.25, 0.3) is 0 Å². The number of nitrogens with zero attached hydrogens (tertiary/aromatic N) is 4. The van der Waals surface area contributed by atoms with Crippen LogP contribution in [-0.2, 0) is 51.8 Å². The number of morpholine rings is 1. The summed E-state index contributed by atoms with van der Waals surface area (Å²) >= 11 is 0. The van der Waals surface area contributed by atoms with Crippen molar-refractivity contribution in [2.24, 2.45) is 5.92 Å². The first kappa shape index (κ1) is 57.4. The number of halogens is 3. The molecule has 5 aliphatic heterocycles. The van der Waals surface area contributed by atoms with Gasteiger partial charge in [0.2, 0.25) is 23.6 Å². The number of rotatable bonds is 19. The predicted octanol–water partition coefficient (Wildman–Crippen LogP) is 4.84. The number of carbonyl (C=O) groups is 5. The fourth-order valence-corrected chi connectivity index (χ4v) is 11.7. The van der Waals surface area contributed by atoms with Crippen molar-refractivity contribution in [3.05, 3.63) is 124 Å². The highest BCUT2D eigenvalue weighted by Gasteiger charge is 2.48. The topological polar surface area (TPSA) is 189 Å². The van der Waals surface area contributed by atoms with E-state index in [-0.39, 0.29) is 86.2 Å². The van der Waals surface area contributed by atoms with Crippen molar-refractivity contribution in [3.63, 3.8) is 0 Å². The molecule has 5 amide bonds. The summed E-state index contributed by atoms with van der Waals surface area (Å²) in [4.78, 5) is 79.9. The summed E-state index contributed by atoms with van der Waals surface area (Å²) in [6, 6.07) is 18.8. The van der Waals surface area contributed by atoms with E-state index in [2.05, 4.69) is 55.5 Å². The van der Waals surface area contributed by atoms with Crippen molar-refractivity contribution in [2.75, 3.05) is 101 Å². The smallest absolute Gasteiger partial charge is 0.252 e. The van der Waals surface area contributed by atoms with Crippen LogP contribution in [0.1, 0.15) is 80.8 Å². The summed E-state index contributed by atoms with van der Waals surface area (Å²) in [5.74, 6) is -4.53. The first-order valence-electron chi connectivity index (χ1n) is 27.7. The van der Waals surface area contributed by atoms with Gasteiger partial charge in [-0.1, -0.05) is 36.4 Å². The lowest BCUT2D eigenvalue weighted by Gasteiger charge is -2.43. The monoisotopic (exact) mass is 1090 g/mol. The van der Waals surface area contributed by atoms with E-state index in [4.69, 9.17) is 9.47 Å². The van der Waals surface area contributed by atoms with Crippen molar-refractivity contribution < 1.29 is 46.6 Å². The average molecular weight is 1090 g/mol. The maximum Gasteiger partial charge on any atom is 0.252 e. The maximum absolute atomic E-state index is 15.0. The van der Waals surface area contributed by atoms with Gasteiger partial charge in [-0.3, -0.25) is 33.8 Å². The molecule has 17 nitrogen and oxygen atoms in total. The van der Waals surface area contributed by atoms with E-state index in [1.807, 2.05) is 32.2 Å². The fraction of sp³-hybridized carbons (Fsp3) is 0.508. The molecule has 5 aliphatic rings. The maximum atomic E-state index is 15.0. The highest BCUT2D eigenvalue weighted by Crippen LogP contribution is 2.43. The molecular weight excluding hydrogens is 1020 g/mol. The fourth-order valence-electron chi connectivity index (χ4n) is 11.7. The number of para-hydroxylation sites is 1. The number of nitrogens with one attached hydrogen (secondary N) is 6. The van der Waals surface area contributed by atoms with Gasteiger partial charge in [0, 0.05) is 108 Å². The molecule has 6 N–H and O–H groups in total. The van der Waals surface area contributed by atoms with Gasteiger partial charge >= 0.3 is 0 Å². The van der Waals surface area contributed by atoms with E-state index >= 15 is 8.78 Å². The molecule has 4 aromatic carbocycles. The van der Waals surface area contributed by atoms with Crippen LogP contribution in [0, 0.1) is 23.4 Å². The molecule has 3 saturated heterocycles. The van der Waals surface area contributed by atoms with E-state index in [1.165, 1.54) is 23.1 Å². The second-order valence-electron chi connectivity index (χ2n) is 22.2. The average Bonchev–Trinajstić information content (AvgIpc) is 4.23. The molecule has 0 bridgehead atoms. The Hall–Kier alpha value is -6.26. The number of hydrogen-bond donors (Lipinski definition) is 6. The highest BCUT2D eigenvalue weighted by molar-refractivity contribution is 6.03. The zero-order chi connectivity index (χ0) is 56.0. The Balaban J connectivity index is 0.900. The number of piperazine rings is 1. The van der Waals surface area contributed by atoms with Gasteiger partial charge in [-0.05, 0) is 130 Å². The minimum absolute atomic E-state index is 0.0208. The number of amides is 5. The molecule has 5 heterocycles. The standard InChI is InChI=1S/C59H75F3N10O7/c1-36(63-5)28-66-53(41-18-22-78-23-19-41)57(76)71-31-42-12-15-44(27-46(42)55(71)56(75)68-54-48(61)7-6-8-49(54)62)67-51(73)17-20-64-58(77)59(4)35-72(50-26-40(11-16-47(50)59)25-39-9-13-43(60)14-10-39)52(74)33-70-30-37(2)65-29-45(70)32-69-21-24-79-34-38(69)3/h6-16,26-27,36-38,41,45,53,55,63,65-66H,17-25,28-35H2,1-5H3,(H,64,77)(H,67,73)(H,68,75)/t36-,37+,38+,45+,53-,55-,59+/m0/s1. The Bertz CT molecular complexity index is 2840. The summed E-state index contributed by atoms with van der Waals surface area (Å²) < 4.78 is 55.2. The third-order valence-electron chi connectivity index (χ3n) is 16.5. The first-order chi connectivity index (χ1) is 38.0. The molecule has 0 unspecified atom stereocenters. The third-order valence-corrected chi connectivity index (χ3v) is 16.5. The van der Waals surface area contributed by atoms with E-state index in [1.54, 1.807) is 42.2 Å². The summed E-state index contributed by atoms with van der Waals surface area (Å²) in [6.45, 7) is 13.9. The number of hydrogen-bond acceptors (Lipinski definition) is 12. The van der Waals surface area contributed by atoms with Gasteiger partial charge in [-0.15, -0.1) is 0 Å². The van der Waals surface area contributed by atoms with E-state index in [9.17, 15) is 28.4 Å². The summed E-state index contributed by atoms with van der Waals surface area (Å²) in [7, 11) is 1.82. The van der Waals surface area contributed by atoms with Crippen LogP contribution in [0.2, 0.25) is 0 Å². The number of benzene rings is 4. The zero-order valence-corrected chi connectivity index (χ0v) is 45.8. The highest BCUT2D eigenvalue weighted by atomic mass is 19.1. The second-order valence-corrected chi connectivity index (χ2v) is 22.2. The van der Waals surface area contributed by atoms with E-state index in [0.717, 1.165) is 42.9 Å². The summed E-state index contributed by atoms with van der Waals surface area (Å²) in [5, 5.41) is 18.5. The van der Waals surface area contributed by atoms with Crippen molar-refractivity contribution >= 4 is 46.6 Å². The van der Waals surface area contributed by atoms with Crippen molar-refractivity contribution in [2.45, 2.75) is 102 Å². The molecule has 0 radical (unpaired) electrons. The number of likely N-dealkylation sites (N-methyl/N-ethyl adjacent to an activating group) is 1. The van der Waals surface area contributed by atoms with Crippen LogP contribution >= 0.6 is 0 Å². The predicted molar refractivity (Wildman–Crippen MR) is 295 cm³/mol. The molecule has 0 aliphatic carbocycles. The number of anilines is 3. The van der Waals surface area contributed by atoms with Gasteiger partial charge in [0.25, 0.3) is 5.91 Å². The van der Waals surface area contributed by atoms with Crippen LogP contribution in [0.3, 0.4) is 0 Å². The Labute approximate surface area is 460 Å². The Morgan fingerprint density at radius 1 is 0.873 bits per heavy atom. The lowest BCUT2D eigenvalue weighted by atomic mass is 9.83. The first-order valence-corrected chi connectivity index (χ1v) is 27.7. The van der Waals surface area contributed by atoms with Crippen molar-refractivity contribution in [1.82, 2.24) is 36.0 Å². The van der Waals surface area contributed by atoms with Crippen molar-refractivity contribution in [3.8, 4) is 0 Å². The molecular formula is C59H75F3N10O7. The molecule has 79 heavy (non-hydrogen) atoms. The molecule has 7 atom stereocenters. The van der Waals surface area contributed by atoms with Crippen LogP contribution in [0.15, 0.2) is 78.9 Å². The van der Waals surface area contributed by atoms with Gasteiger partial charge < -0.3 is 51.2 Å². The van der Waals surface area contributed by atoms with Crippen LogP contribution in [0.4, 0.5) is 30.2 Å².